The van der Waals surface area contributed by atoms with E-state index in [1.165, 1.54) is 27.0 Å². The average Bonchev–Trinajstić information content (AvgIpc) is 3.05. The number of hydrogen-bond acceptors (Lipinski definition) is 4. The second kappa shape index (κ2) is 6.06. The van der Waals surface area contributed by atoms with Crippen LogP contribution in [0.4, 0.5) is 5.13 Å². The van der Waals surface area contributed by atoms with Crippen molar-refractivity contribution in [3.05, 3.63) is 45.8 Å². The lowest BCUT2D eigenvalue weighted by molar-refractivity contribution is -0.115. The Morgan fingerprint density at radius 2 is 2.00 bits per heavy atom. The molecule has 2 heterocycles. The van der Waals surface area contributed by atoms with Gasteiger partial charge in [-0.05, 0) is 34.9 Å². The minimum absolute atomic E-state index is 0.000891. The van der Waals surface area contributed by atoms with Gasteiger partial charge < -0.3 is 5.32 Å². The maximum atomic E-state index is 12.3. The van der Waals surface area contributed by atoms with Crippen LogP contribution >= 0.6 is 22.7 Å². The number of nitrogens with one attached hydrogen (secondary N) is 1. The molecule has 3 nitrogen and oxygen atoms in total. The Hall–Kier alpha value is -1.72. The second-order valence-corrected chi connectivity index (χ2v) is 8.54. The molecule has 1 aromatic carbocycles. The molecular formula is C18H20N2OS2. The summed E-state index contributed by atoms with van der Waals surface area (Å²) in [7, 11) is 0. The standard InChI is InChI=1S/C18H20N2OS2/c1-11-5-6-13-12(9-22-14(13)7-11)8-16(21)20-17-19-15(10-23-17)18(2,3)4/h5-7,9-10H,8H2,1-4H3,(H,19,20,21). The van der Waals surface area contributed by atoms with Gasteiger partial charge in [-0.3, -0.25) is 4.79 Å². The van der Waals surface area contributed by atoms with Crippen molar-refractivity contribution in [2.75, 3.05) is 5.32 Å². The van der Waals surface area contributed by atoms with E-state index in [0.29, 0.717) is 11.6 Å². The summed E-state index contributed by atoms with van der Waals surface area (Å²) in [6.07, 6.45) is 0.382. The molecule has 0 radical (unpaired) electrons. The number of aromatic nitrogens is 1. The zero-order chi connectivity index (χ0) is 16.6. The quantitative estimate of drug-likeness (QED) is 0.714. The van der Waals surface area contributed by atoms with Gasteiger partial charge in [0.05, 0.1) is 12.1 Å². The number of nitrogens with zero attached hydrogens (tertiary/aromatic N) is 1. The highest BCUT2D eigenvalue weighted by molar-refractivity contribution is 7.17. The normalized spacial score (nSPS) is 11.8. The van der Waals surface area contributed by atoms with Gasteiger partial charge in [-0.2, -0.15) is 0 Å². The number of rotatable bonds is 3. The van der Waals surface area contributed by atoms with E-state index in [4.69, 9.17) is 0 Å². The fraction of sp³-hybridized carbons (Fsp3) is 0.333. The first-order valence-corrected chi connectivity index (χ1v) is 9.31. The molecule has 3 aromatic rings. The largest absolute Gasteiger partial charge is 0.302 e. The van der Waals surface area contributed by atoms with Crippen LogP contribution in [0.25, 0.3) is 10.1 Å². The lowest BCUT2D eigenvalue weighted by atomic mass is 9.93. The Balaban J connectivity index is 1.72. The number of carbonyl (C=O) groups excluding carboxylic acids is 1. The van der Waals surface area contributed by atoms with Crippen LogP contribution in [0.5, 0.6) is 0 Å². The van der Waals surface area contributed by atoms with Gasteiger partial charge in [-0.1, -0.05) is 32.9 Å². The Kier molecular flexibility index (Phi) is 4.25. The predicted molar refractivity (Wildman–Crippen MR) is 99.7 cm³/mol. The lowest BCUT2D eigenvalue weighted by Gasteiger charge is -2.14. The number of thiophene rings is 1. The number of thiazole rings is 1. The van der Waals surface area contributed by atoms with Gasteiger partial charge in [-0.25, -0.2) is 4.98 Å². The molecule has 0 aliphatic heterocycles. The Morgan fingerprint density at radius 3 is 2.70 bits per heavy atom. The molecule has 0 atom stereocenters. The third-order valence-corrected chi connectivity index (χ3v) is 5.43. The van der Waals surface area contributed by atoms with Crippen molar-refractivity contribution in [1.29, 1.82) is 0 Å². The maximum absolute atomic E-state index is 12.3. The van der Waals surface area contributed by atoms with Gasteiger partial charge >= 0.3 is 0 Å². The van der Waals surface area contributed by atoms with E-state index in [1.54, 1.807) is 11.3 Å². The molecule has 120 valence electrons. The molecule has 0 fully saturated rings. The second-order valence-electron chi connectivity index (χ2n) is 6.77. The zero-order valence-electron chi connectivity index (χ0n) is 13.8. The predicted octanol–water partition coefficient (Wildman–Crippen LogP) is 5.14. The van der Waals surface area contributed by atoms with Crippen LogP contribution in [0.1, 0.15) is 37.6 Å². The van der Waals surface area contributed by atoms with E-state index in [-0.39, 0.29) is 11.3 Å². The molecule has 0 aliphatic carbocycles. The van der Waals surface area contributed by atoms with Crippen molar-refractivity contribution in [3.63, 3.8) is 0 Å². The average molecular weight is 345 g/mol. The van der Waals surface area contributed by atoms with Crippen LogP contribution in [0, 0.1) is 6.92 Å². The third-order valence-electron chi connectivity index (χ3n) is 3.68. The van der Waals surface area contributed by atoms with Gasteiger partial charge in [0.2, 0.25) is 5.91 Å². The van der Waals surface area contributed by atoms with Crippen molar-refractivity contribution in [2.45, 2.75) is 39.5 Å². The van der Waals surface area contributed by atoms with Crippen molar-refractivity contribution in [1.82, 2.24) is 4.98 Å². The first-order chi connectivity index (χ1) is 10.8. The molecule has 0 saturated carbocycles. The topological polar surface area (TPSA) is 42.0 Å². The monoisotopic (exact) mass is 344 g/mol. The molecule has 1 amide bonds. The summed E-state index contributed by atoms with van der Waals surface area (Å²) in [4.78, 5) is 16.8. The first-order valence-electron chi connectivity index (χ1n) is 7.55. The van der Waals surface area contributed by atoms with Crippen LogP contribution in [0.15, 0.2) is 29.0 Å². The third kappa shape index (κ3) is 3.62. The molecule has 1 N–H and O–H groups in total. The van der Waals surface area contributed by atoms with Gasteiger partial charge in [0.1, 0.15) is 0 Å². The molecule has 5 heteroatoms. The van der Waals surface area contributed by atoms with E-state index in [9.17, 15) is 4.79 Å². The molecule has 0 spiro atoms. The van der Waals surface area contributed by atoms with Crippen LogP contribution in [-0.4, -0.2) is 10.9 Å². The number of hydrogen-bond donors (Lipinski definition) is 1. The summed E-state index contributed by atoms with van der Waals surface area (Å²) < 4.78 is 1.23. The number of aryl methyl sites for hydroxylation is 1. The van der Waals surface area contributed by atoms with Crippen molar-refractivity contribution in [2.24, 2.45) is 0 Å². The summed E-state index contributed by atoms with van der Waals surface area (Å²) in [5.74, 6) is -0.0138. The molecule has 0 bridgehead atoms. The zero-order valence-corrected chi connectivity index (χ0v) is 15.4. The smallest absolute Gasteiger partial charge is 0.230 e. The molecule has 23 heavy (non-hydrogen) atoms. The fourth-order valence-electron chi connectivity index (χ4n) is 2.34. The summed E-state index contributed by atoms with van der Waals surface area (Å²) in [6, 6.07) is 6.36. The van der Waals surface area contributed by atoms with E-state index in [0.717, 1.165) is 11.3 Å². The van der Waals surface area contributed by atoms with Crippen molar-refractivity contribution in [3.8, 4) is 0 Å². The molecule has 0 unspecified atom stereocenters. The molecule has 3 rings (SSSR count). The van der Waals surface area contributed by atoms with Gasteiger partial charge in [0, 0.05) is 15.5 Å². The van der Waals surface area contributed by atoms with Crippen LogP contribution in [0.3, 0.4) is 0 Å². The van der Waals surface area contributed by atoms with Crippen LogP contribution < -0.4 is 5.32 Å². The number of fused-ring (bicyclic) bond motifs is 1. The SMILES string of the molecule is Cc1ccc2c(CC(=O)Nc3nc(C(C)(C)C)cs3)csc2c1. The number of benzene rings is 1. The summed E-state index contributed by atoms with van der Waals surface area (Å²) in [6.45, 7) is 8.44. The van der Waals surface area contributed by atoms with E-state index >= 15 is 0 Å². The van der Waals surface area contributed by atoms with E-state index in [2.05, 4.69) is 61.6 Å². The Labute approximate surface area is 144 Å². The molecule has 2 aromatic heterocycles. The van der Waals surface area contributed by atoms with Crippen molar-refractivity contribution < 1.29 is 4.79 Å². The Bertz CT molecular complexity index is 855. The summed E-state index contributed by atoms with van der Waals surface area (Å²) >= 11 is 3.17. The first kappa shape index (κ1) is 16.1. The number of amides is 1. The minimum atomic E-state index is -0.0138. The number of anilines is 1. The molecular weight excluding hydrogens is 324 g/mol. The number of carbonyl (C=O) groups is 1. The Morgan fingerprint density at radius 1 is 1.22 bits per heavy atom. The van der Waals surface area contributed by atoms with Gasteiger partial charge in [0.25, 0.3) is 0 Å². The minimum Gasteiger partial charge on any atom is -0.302 e. The maximum Gasteiger partial charge on any atom is 0.230 e. The van der Waals surface area contributed by atoms with Crippen LogP contribution in [-0.2, 0) is 16.6 Å². The molecule has 0 aliphatic rings. The molecule has 0 saturated heterocycles. The van der Waals surface area contributed by atoms with Crippen molar-refractivity contribution >= 4 is 43.8 Å². The van der Waals surface area contributed by atoms with Gasteiger partial charge in [0.15, 0.2) is 5.13 Å². The van der Waals surface area contributed by atoms with Crippen LogP contribution in [0.2, 0.25) is 0 Å². The van der Waals surface area contributed by atoms with E-state index in [1.807, 2.05) is 5.38 Å². The van der Waals surface area contributed by atoms with Gasteiger partial charge in [-0.15, -0.1) is 22.7 Å². The summed E-state index contributed by atoms with van der Waals surface area (Å²) in [5.41, 5.74) is 3.33. The lowest BCUT2D eigenvalue weighted by Crippen LogP contribution is -2.15. The fourth-order valence-corrected chi connectivity index (χ4v) is 4.35. The van der Waals surface area contributed by atoms with E-state index < -0.39 is 0 Å². The summed E-state index contributed by atoms with van der Waals surface area (Å²) in [5, 5.41) is 8.86. The highest BCUT2D eigenvalue weighted by Gasteiger charge is 2.18. The highest BCUT2D eigenvalue weighted by atomic mass is 32.1. The highest BCUT2D eigenvalue weighted by Crippen LogP contribution is 2.29.